The van der Waals surface area contributed by atoms with Gasteiger partial charge in [-0.05, 0) is 60.2 Å². The number of rotatable bonds is 7. The highest BCUT2D eigenvalue weighted by Gasteiger charge is 2.28. The van der Waals surface area contributed by atoms with Crippen molar-refractivity contribution in [3.63, 3.8) is 0 Å². The van der Waals surface area contributed by atoms with Crippen molar-refractivity contribution in [1.82, 2.24) is 39.8 Å². The van der Waals surface area contributed by atoms with Gasteiger partial charge in [-0.1, -0.05) is 6.08 Å². The van der Waals surface area contributed by atoms with Crippen molar-refractivity contribution in [1.29, 1.82) is 0 Å². The van der Waals surface area contributed by atoms with Crippen molar-refractivity contribution in [2.24, 2.45) is 0 Å². The van der Waals surface area contributed by atoms with Crippen molar-refractivity contribution in [2.45, 2.75) is 51.6 Å². The van der Waals surface area contributed by atoms with Gasteiger partial charge in [-0.15, -0.1) is 0 Å². The van der Waals surface area contributed by atoms with Crippen molar-refractivity contribution < 1.29 is 4.79 Å². The van der Waals surface area contributed by atoms with E-state index in [0.717, 1.165) is 75.2 Å². The Kier molecular flexibility index (Phi) is 7.41. The van der Waals surface area contributed by atoms with Gasteiger partial charge in [-0.25, -0.2) is 9.97 Å². The fraction of sp³-hybridized carbons (Fsp3) is 0.556. The van der Waals surface area contributed by atoms with Gasteiger partial charge in [0.15, 0.2) is 0 Å². The zero-order valence-electron chi connectivity index (χ0n) is 22.4. The van der Waals surface area contributed by atoms with E-state index in [1.54, 1.807) is 12.5 Å². The molecule has 198 valence electrons. The molecule has 0 aliphatic carbocycles. The van der Waals surface area contributed by atoms with E-state index in [1.807, 2.05) is 17.8 Å². The number of carbonyl (C=O) groups excluding carboxylic acids is 1. The number of amides is 1. The number of H-pyrrole nitrogens is 1. The fourth-order valence-corrected chi connectivity index (χ4v) is 5.27. The number of piperazine rings is 1. The van der Waals surface area contributed by atoms with Gasteiger partial charge in [-0.3, -0.25) is 14.4 Å². The Morgan fingerprint density at radius 3 is 2.70 bits per heavy atom. The predicted octanol–water partition coefficient (Wildman–Crippen LogP) is 3.05. The zero-order valence-corrected chi connectivity index (χ0v) is 22.4. The topological polar surface area (TPSA) is 107 Å². The third-order valence-corrected chi connectivity index (χ3v) is 7.90. The number of nitrogens with one attached hydrogen (secondary N) is 3. The summed E-state index contributed by atoms with van der Waals surface area (Å²) in [6.07, 6.45) is 12.2. The molecule has 10 nitrogen and oxygen atoms in total. The molecular formula is C27H39N9O. The van der Waals surface area contributed by atoms with E-state index < -0.39 is 0 Å². The van der Waals surface area contributed by atoms with E-state index in [4.69, 9.17) is 0 Å². The van der Waals surface area contributed by atoms with Crippen LogP contribution >= 0.6 is 0 Å². The Morgan fingerprint density at radius 1 is 1.19 bits per heavy atom. The number of aromatic amines is 1. The molecule has 0 unspecified atom stereocenters. The highest BCUT2D eigenvalue weighted by molar-refractivity contribution is 6.10. The lowest BCUT2D eigenvalue weighted by Gasteiger charge is -2.43. The smallest absolute Gasteiger partial charge is 0.251 e. The standard InChI is InChI=1S/C27H39N9O/c1-19(5-8-27(2,3)35-13-11-34(4)12-14-35)26(37)33-22-16-29-25-23(22)24(30-18-31-25)20-15-32-36(17-20)21-6-9-28-10-7-21/h5,15-18,21,28H,6-14H2,1-4H3,(H,33,37)(H,29,30,31)/b19-5+. The van der Waals surface area contributed by atoms with E-state index in [1.165, 1.54) is 0 Å². The van der Waals surface area contributed by atoms with E-state index >= 15 is 0 Å². The van der Waals surface area contributed by atoms with Crippen LogP contribution in [0.2, 0.25) is 0 Å². The lowest BCUT2D eigenvalue weighted by atomic mass is 9.95. The molecule has 3 aromatic heterocycles. The first-order valence-corrected chi connectivity index (χ1v) is 13.3. The van der Waals surface area contributed by atoms with Crippen molar-refractivity contribution >= 4 is 22.6 Å². The van der Waals surface area contributed by atoms with Gasteiger partial charge in [0.2, 0.25) is 0 Å². The molecule has 0 aromatic carbocycles. The maximum atomic E-state index is 13.2. The summed E-state index contributed by atoms with van der Waals surface area (Å²) in [6, 6.07) is 0.389. The number of likely N-dealkylation sites (N-methyl/N-ethyl adjacent to an activating group) is 1. The average molecular weight is 506 g/mol. The number of fused-ring (bicyclic) bond motifs is 1. The maximum absolute atomic E-state index is 13.2. The molecule has 0 bridgehead atoms. The molecule has 5 heterocycles. The Hall–Kier alpha value is -3.08. The predicted molar refractivity (Wildman–Crippen MR) is 146 cm³/mol. The van der Waals surface area contributed by atoms with Crippen LogP contribution < -0.4 is 10.6 Å². The summed E-state index contributed by atoms with van der Waals surface area (Å²) < 4.78 is 2.05. The number of hydrogen-bond acceptors (Lipinski definition) is 7. The third-order valence-electron chi connectivity index (χ3n) is 7.90. The number of aromatic nitrogens is 5. The second-order valence-electron chi connectivity index (χ2n) is 11.0. The van der Waals surface area contributed by atoms with Crippen LogP contribution in [0.4, 0.5) is 5.69 Å². The monoisotopic (exact) mass is 505 g/mol. The summed E-state index contributed by atoms with van der Waals surface area (Å²) in [5.41, 5.74) is 3.75. The van der Waals surface area contributed by atoms with Crippen molar-refractivity contribution in [3.05, 3.63) is 36.6 Å². The van der Waals surface area contributed by atoms with Gasteiger partial charge < -0.3 is 20.5 Å². The van der Waals surface area contributed by atoms with Gasteiger partial charge in [-0.2, -0.15) is 5.10 Å². The summed E-state index contributed by atoms with van der Waals surface area (Å²) in [5, 5.41) is 11.9. The lowest BCUT2D eigenvalue weighted by molar-refractivity contribution is -0.112. The summed E-state index contributed by atoms with van der Waals surface area (Å²) in [6.45, 7) is 12.7. The Labute approximate surface area is 218 Å². The van der Waals surface area contributed by atoms with Gasteiger partial charge in [0.25, 0.3) is 5.91 Å². The molecule has 2 fully saturated rings. The van der Waals surface area contributed by atoms with E-state index in [2.05, 4.69) is 73.7 Å². The molecule has 10 heteroatoms. The van der Waals surface area contributed by atoms with E-state index in [0.29, 0.717) is 22.9 Å². The van der Waals surface area contributed by atoms with Crippen LogP contribution in [-0.4, -0.2) is 92.3 Å². The number of anilines is 1. The highest BCUT2D eigenvalue weighted by atomic mass is 16.1. The fourth-order valence-electron chi connectivity index (χ4n) is 5.27. The molecule has 0 spiro atoms. The van der Waals surface area contributed by atoms with Gasteiger partial charge in [0.05, 0.1) is 29.0 Å². The number of piperidine rings is 1. The second-order valence-corrected chi connectivity index (χ2v) is 11.0. The molecule has 2 aliphatic rings. The molecular weight excluding hydrogens is 466 g/mol. The molecule has 2 saturated heterocycles. The maximum Gasteiger partial charge on any atom is 0.251 e. The third kappa shape index (κ3) is 5.61. The van der Waals surface area contributed by atoms with Crippen molar-refractivity contribution in [3.8, 4) is 11.3 Å². The summed E-state index contributed by atoms with van der Waals surface area (Å²) in [4.78, 5) is 30.2. The molecule has 1 amide bonds. The van der Waals surface area contributed by atoms with Crippen LogP contribution in [0.15, 0.2) is 36.6 Å². The first kappa shape index (κ1) is 25.6. The average Bonchev–Trinajstić information content (AvgIpc) is 3.56. The quantitative estimate of drug-likeness (QED) is 0.424. The minimum Gasteiger partial charge on any atom is -0.344 e. The molecule has 3 N–H and O–H groups in total. The SMILES string of the molecule is C/C(=C\CC(C)(C)N1CCN(C)CC1)C(=O)Nc1c[nH]c2ncnc(-c3cnn(C4CCNCC4)c3)c12. The van der Waals surface area contributed by atoms with Crippen LogP contribution in [0.1, 0.15) is 46.1 Å². The number of hydrogen-bond donors (Lipinski definition) is 3. The second kappa shape index (κ2) is 10.7. The largest absolute Gasteiger partial charge is 0.344 e. The van der Waals surface area contributed by atoms with Crippen LogP contribution in [0, 0.1) is 0 Å². The molecule has 37 heavy (non-hydrogen) atoms. The minimum atomic E-state index is -0.115. The minimum absolute atomic E-state index is 0.000850. The van der Waals surface area contributed by atoms with Gasteiger partial charge >= 0.3 is 0 Å². The van der Waals surface area contributed by atoms with E-state index in [-0.39, 0.29) is 11.4 Å². The first-order valence-electron chi connectivity index (χ1n) is 13.3. The first-order chi connectivity index (χ1) is 17.8. The summed E-state index contributed by atoms with van der Waals surface area (Å²) in [7, 11) is 2.17. The van der Waals surface area contributed by atoms with Gasteiger partial charge in [0.1, 0.15) is 12.0 Å². The molecule has 5 rings (SSSR count). The van der Waals surface area contributed by atoms with Crippen LogP contribution in [0.25, 0.3) is 22.3 Å². The van der Waals surface area contributed by atoms with Crippen molar-refractivity contribution in [2.75, 3.05) is 51.6 Å². The highest BCUT2D eigenvalue weighted by Crippen LogP contribution is 2.32. The Balaban J connectivity index is 1.32. The molecule has 3 aromatic rings. The van der Waals surface area contributed by atoms with E-state index in [9.17, 15) is 4.79 Å². The summed E-state index contributed by atoms with van der Waals surface area (Å²) in [5.74, 6) is -0.115. The molecule has 0 atom stereocenters. The summed E-state index contributed by atoms with van der Waals surface area (Å²) >= 11 is 0. The molecule has 0 radical (unpaired) electrons. The lowest BCUT2D eigenvalue weighted by Crippen LogP contribution is -2.53. The Morgan fingerprint density at radius 2 is 1.95 bits per heavy atom. The zero-order chi connectivity index (χ0) is 26.0. The molecule has 0 saturated carbocycles. The van der Waals surface area contributed by atoms with Gasteiger partial charge in [0, 0.05) is 55.2 Å². The van der Waals surface area contributed by atoms with Crippen LogP contribution in [0.5, 0.6) is 0 Å². The van der Waals surface area contributed by atoms with Crippen LogP contribution in [0.3, 0.4) is 0 Å². The number of carbonyl (C=O) groups is 1. The normalized spacial score (nSPS) is 19.0. The Bertz CT molecular complexity index is 1260. The molecule has 2 aliphatic heterocycles. The number of nitrogens with zero attached hydrogens (tertiary/aromatic N) is 6. The van der Waals surface area contributed by atoms with Crippen LogP contribution in [-0.2, 0) is 4.79 Å².